The van der Waals surface area contributed by atoms with E-state index >= 15 is 0 Å². The van der Waals surface area contributed by atoms with Crippen LogP contribution in [0.3, 0.4) is 0 Å². The predicted octanol–water partition coefficient (Wildman–Crippen LogP) is 0.585. The number of benzene rings is 1. The molecular formula is C17H28N4O4S. The van der Waals surface area contributed by atoms with Crippen molar-refractivity contribution in [3.05, 3.63) is 29.8 Å². The Morgan fingerprint density at radius 3 is 2.96 bits per heavy atom. The number of aliphatic imine (C=N–C) groups is 1. The highest BCUT2D eigenvalue weighted by Gasteiger charge is 2.15. The molecule has 2 rings (SSSR count). The minimum absolute atomic E-state index is 0.0937. The molecule has 0 spiro atoms. The van der Waals surface area contributed by atoms with Gasteiger partial charge < -0.3 is 20.1 Å². The van der Waals surface area contributed by atoms with Crippen molar-refractivity contribution in [3.8, 4) is 0 Å². The summed E-state index contributed by atoms with van der Waals surface area (Å²) in [6, 6.07) is 6.50. The lowest BCUT2D eigenvalue weighted by Crippen LogP contribution is -2.38. The number of hydrogen-bond acceptors (Lipinski definition) is 5. The lowest BCUT2D eigenvalue weighted by Gasteiger charge is -2.13. The average molecular weight is 385 g/mol. The van der Waals surface area contributed by atoms with E-state index in [0.717, 1.165) is 38.1 Å². The summed E-state index contributed by atoms with van der Waals surface area (Å²) in [5.74, 6) is 0.678. The van der Waals surface area contributed by atoms with E-state index < -0.39 is 10.0 Å². The molecule has 0 bridgehead atoms. The maximum absolute atomic E-state index is 11.4. The number of sulfonamides is 1. The molecule has 1 heterocycles. The topological polar surface area (TPSA) is 115 Å². The smallest absolute Gasteiger partial charge is 0.238 e. The van der Waals surface area contributed by atoms with Crippen LogP contribution in [0.15, 0.2) is 34.2 Å². The summed E-state index contributed by atoms with van der Waals surface area (Å²) >= 11 is 0. The van der Waals surface area contributed by atoms with Gasteiger partial charge in [0.25, 0.3) is 0 Å². The van der Waals surface area contributed by atoms with Crippen LogP contribution in [0.1, 0.15) is 25.3 Å². The second-order valence-electron chi connectivity index (χ2n) is 6.02. The number of rotatable bonds is 9. The quantitative estimate of drug-likeness (QED) is 0.326. The van der Waals surface area contributed by atoms with E-state index in [9.17, 15) is 8.42 Å². The first-order valence-electron chi connectivity index (χ1n) is 8.82. The first-order valence-corrected chi connectivity index (χ1v) is 10.4. The molecule has 146 valence electrons. The highest BCUT2D eigenvalue weighted by Crippen LogP contribution is 2.10. The van der Waals surface area contributed by atoms with Gasteiger partial charge in [0, 0.05) is 26.3 Å². The fourth-order valence-corrected chi connectivity index (χ4v) is 3.09. The lowest BCUT2D eigenvalue weighted by atomic mass is 10.2. The van der Waals surface area contributed by atoms with Crippen molar-refractivity contribution in [1.29, 1.82) is 0 Å². The van der Waals surface area contributed by atoms with Crippen LogP contribution in [0.25, 0.3) is 0 Å². The molecule has 1 aromatic rings. The molecule has 1 fully saturated rings. The Bertz CT molecular complexity index is 688. The van der Waals surface area contributed by atoms with Crippen molar-refractivity contribution in [2.45, 2.75) is 37.3 Å². The zero-order valence-corrected chi connectivity index (χ0v) is 15.9. The first kappa shape index (κ1) is 20.6. The van der Waals surface area contributed by atoms with Gasteiger partial charge in [-0.25, -0.2) is 18.5 Å². The number of ether oxygens (including phenoxy) is 2. The summed E-state index contributed by atoms with van der Waals surface area (Å²) < 4.78 is 33.8. The number of primary sulfonamides is 1. The molecule has 0 aromatic heterocycles. The van der Waals surface area contributed by atoms with Gasteiger partial charge in [0.05, 0.1) is 24.2 Å². The molecule has 1 saturated heterocycles. The van der Waals surface area contributed by atoms with Gasteiger partial charge in [-0.2, -0.15) is 0 Å². The fourth-order valence-electron chi connectivity index (χ4n) is 2.51. The highest BCUT2D eigenvalue weighted by atomic mass is 32.2. The van der Waals surface area contributed by atoms with Crippen molar-refractivity contribution >= 4 is 16.0 Å². The third kappa shape index (κ3) is 7.28. The standard InChI is InChI=1S/C17H28N4O4S/c1-2-19-17(20-8-4-9-25-15-7-10-24-13-15)21-12-14-5-3-6-16(11-14)26(18,22)23/h3,5-6,11,15H,2,4,7-10,12-13H2,1H3,(H2,18,22,23)(H2,19,20,21). The van der Waals surface area contributed by atoms with Crippen LogP contribution in [0.4, 0.5) is 0 Å². The molecular weight excluding hydrogens is 356 g/mol. The monoisotopic (exact) mass is 384 g/mol. The number of nitrogens with zero attached hydrogens (tertiary/aromatic N) is 1. The molecule has 4 N–H and O–H groups in total. The van der Waals surface area contributed by atoms with Gasteiger partial charge in [0.1, 0.15) is 0 Å². The Morgan fingerprint density at radius 2 is 2.27 bits per heavy atom. The van der Waals surface area contributed by atoms with Gasteiger partial charge in [0.15, 0.2) is 5.96 Å². The Balaban J connectivity index is 1.80. The normalized spacial score (nSPS) is 18.1. The summed E-state index contributed by atoms with van der Waals surface area (Å²) in [6.07, 6.45) is 2.06. The summed E-state index contributed by atoms with van der Waals surface area (Å²) in [4.78, 5) is 4.57. The fraction of sp³-hybridized carbons (Fsp3) is 0.588. The lowest BCUT2D eigenvalue weighted by molar-refractivity contribution is 0.0420. The molecule has 26 heavy (non-hydrogen) atoms. The van der Waals surface area contributed by atoms with Crippen LogP contribution in [0.5, 0.6) is 0 Å². The third-order valence-corrected chi connectivity index (χ3v) is 4.76. The molecule has 1 atom stereocenters. The van der Waals surface area contributed by atoms with Gasteiger partial charge in [-0.05, 0) is 37.5 Å². The zero-order valence-electron chi connectivity index (χ0n) is 15.1. The van der Waals surface area contributed by atoms with Gasteiger partial charge >= 0.3 is 0 Å². The van der Waals surface area contributed by atoms with Crippen molar-refractivity contribution in [3.63, 3.8) is 0 Å². The summed E-state index contributed by atoms with van der Waals surface area (Å²) in [5.41, 5.74) is 0.776. The van der Waals surface area contributed by atoms with E-state index in [0.29, 0.717) is 25.7 Å². The molecule has 9 heteroatoms. The van der Waals surface area contributed by atoms with E-state index in [1.807, 2.05) is 13.0 Å². The summed E-state index contributed by atoms with van der Waals surface area (Å²) in [7, 11) is -3.70. The number of hydrogen-bond donors (Lipinski definition) is 3. The van der Waals surface area contributed by atoms with E-state index in [4.69, 9.17) is 14.6 Å². The third-order valence-electron chi connectivity index (χ3n) is 3.85. The van der Waals surface area contributed by atoms with E-state index in [1.54, 1.807) is 12.1 Å². The van der Waals surface area contributed by atoms with Gasteiger partial charge in [-0.15, -0.1) is 0 Å². The minimum Gasteiger partial charge on any atom is -0.379 e. The molecule has 1 aliphatic heterocycles. The van der Waals surface area contributed by atoms with Crippen LogP contribution in [-0.2, 0) is 26.0 Å². The van der Waals surface area contributed by atoms with Crippen molar-refractivity contribution in [2.24, 2.45) is 10.1 Å². The molecule has 8 nitrogen and oxygen atoms in total. The predicted molar refractivity (Wildman–Crippen MR) is 100 cm³/mol. The van der Waals surface area contributed by atoms with E-state index in [-0.39, 0.29) is 11.0 Å². The molecule has 0 radical (unpaired) electrons. The highest BCUT2D eigenvalue weighted by molar-refractivity contribution is 7.89. The Labute approximate surface area is 155 Å². The average Bonchev–Trinajstić information content (AvgIpc) is 3.12. The van der Waals surface area contributed by atoms with Gasteiger partial charge in [0.2, 0.25) is 10.0 Å². The summed E-state index contributed by atoms with van der Waals surface area (Å²) in [5, 5.41) is 11.6. The second kappa shape index (κ2) is 10.5. The summed E-state index contributed by atoms with van der Waals surface area (Å²) in [6.45, 7) is 5.96. The molecule has 1 aliphatic rings. The van der Waals surface area contributed by atoms with Crippen LogP contribution >= 0.6 is 0 Å². The largest absolute Gasteiger partial charge is 0.379 e. The molecule has 0 amide bonds. The Kier molecular flexibility index (Phi) is 8.30. The second-order valence-corrected chi connectivity index (χ2v) is 7.59. The van der Waals surface area contributed by atoms with Gasteiger partial charge in [-0.1, -0.05) is 12.1 Å². The molecule has 0 saturated carbocycles. The van der Waals surface area contributed by atoms with Crippen LogP contribution in [-0.4, -0.2) is 53.4 Å². The molecule has 0 aliphatic carbocycles. The minimum atomic E-state index is -3.70. The molecule has 1 aromatic carbocycles. The Hall–Kier alpha value is -1.68. The number of guanidine groups is 1. The first-order chi connectivity index (χ1) is 12.5. The van der Waals surface area contributed by atoms with Crippen molar-refractivity contribution < 1.29 is 17.9 Å². The van der Waals surface area contributed by atoms with Gasteiger partial charge in [-0.3, -0.25) is 0 Å². The van der Waals surface area contributed by atoms with Crippen molar-refractivity contribution in [1.82, 2.24) is 10.6 Å². The molecule has 1 unspecified atom stereocenters. The zero-order chi connectivity index (χ0) is 18.8. The van der Waals surface area contributed by atoms with E-state index in [2.05, 4.69) is 15.6 Å². The van der Waals surface area contributed by atoms with Crippen LogP contribution in [0.2, 0.25) is 0 Å². The van der Waals surface area contributed by atoms with Crippen LogP contribution in [0, 0.1) is 0 Å². The SMILES string of the molecule is CCNC(=NCc1cccc(S(N)(=O)=O)c1)NCCCOC1CCOC1. The maximum Gasteiger partial charge on any atom is 0.238 e. The number of nitrogens with one attached hydrogen (secondary N) is 2. The van der Waals surface area contributed by atoms with E-state index in [1.165, 1.54) is 6.07 Å². The maximum atomic E-state index is 11.4. The van der Waals surface area contributed by atoms with Crippen LogP contribution < -0.4 is 15.8 Å². The Morgan fingerprint density at radius 1 is 1.42 bits per heavy atom. The number of nitrogens with two attached hydrogens (primary N) is 1. The van der Waals surface area contributed by atoms with Crippen molar-refractivity contribution in [2.75, 3.05) is 32.9 Å².